The van der Waals surface area contributed by atoms with E-state index in [4.69, 9.17) is 56.8 Å². The Balaban J connectivity index is 2.60. The molecular formula is C41H70N2O12. The van der Waals surface area contributed by atoms with Crippen molar-refractivity contribution >= 4 is 11.4 Å². The van der Waals surface area contributed by atoms with Gasteiger partial charge in [0.1, 0.15) is 23.0 Å². The maximum atomic E-state index is 6.08. The van der Waals surface area contributed by atoms with Gasteiger partial charge in [0.25, 0.3) is 0 Å². The molecule has 0 fully saturated rings. The van der Waals surface area contributed by atoms with Crippen LogP contribution in [0.1, 0.15) is 38.8 Å². The molecule has 0 spiro atoms. The number of rotatable bonds is 32. The minimum atomic E-state index is -0.00522. The lowest BCUT2D eigenvalue weighted by molar-refractivity contribution is 0.0530. The third-order valence-electron chi connectivity index (χ3n) is 9.20. The van der Waals surface area contributed by atoms with Crippen molar-refractivity contribution in [2.45, 2.75) is 58.3 Å². The van der Waals surface area contributed by atoms with Crippen molar-refractivity contribution in [3.05, 3.63) is 35.4 Å². The number of methoxy groups -OCH3 is 8. The Kier molecular flexibility index (Phi) is 24.0. The third kappa shape index (κ3) is 15.4. The Morgan fingerprint density at radius 3 is 0.818 bits per heavy atom. The quantitative estimate of drug-likeness (QED) is 0.0914. The average Bonchev–Trinajstić information content (AvgIpc) is 3.19. The molecule has 0 bridgehead atoms. The first-order valence-electron chi connectivity index (χ1n) is 19.0. The van der Waals surface area contributed by atoms with E-state index in [0.29, 0.717) is 109 Å². The van der Waals surface area contributed by atoms with Gasteiger partial charge in [-0.1, -0.05) is 0 Å². The van der Waals surface area contributed by atoms with Crippen molar-refractivity contribution in [2.75, 3.05) is 146 Å². The number of hydrogen-bond donors (Lipinski definition) is 0. The maximum Gasteiger partial charge on any atom is 0.128 e. The molecule has 0 saturated heterocycles. The fraction of sp³-hybridized carbons (Fsp3) is 0.707. The molecule has 0 aliphatic carbocycles. The minimum Gasteiger partial charge on any atom is -0.496 e. The van der Waals surface area contributed by atoms with Gasteiger partial charge in [-0.3, -0.25) is 0 Å². The highest BCUT2D eigenvalue weighted by Crippen LogP contribution is 2.43. The monoisotopic (exact) mass is 782 g/mol. The van der Waals surface area contributed by atoms with Crippen LogP contribution in [0.25, 0.3) is 0 Å². The van der Waals surface area contributed by atoms with Crippen LogP contribution in [0.15, 0.2) is 24.3 Å². The summed E-state index contributed by atoms with van der Waals surface area (Å²) in [6.07, 6.45) is 0.413. The normalized spacial score (nSPS) is 13.6. The summed E-state index contributed by atoms with van der Waals surface area (Å²) < 4.78 is 68.9. The highest BCUT2D eigenvalue weighted by atomic mass is 16.5. The number of hydrogen-bond acceptors (Lipinski definition) is 14. The van der Waals surface area contributed by atoms with Gasteiger partial charge in [-0.05, 0) is 27.7 Å². The SMILES string of the molecule is COCCOCC(C)N(c1cc(OC)c(Cc2c(OC)cc(N(C(C)COCCOC)C(C)COCCOC)cc2OC)c(OC)c1)C(C)COCCOC. The molecule has 4 unspecified atom stereocenters. The molecule has 14 nitrogen and oxygen atoms in total. The fourth-order valence-corrected chi connectivity index (χ4v) is 6.56. The Hall–Kier alpha value is -3.08. The molecule has 2 aromatic carbocycles. The van der Waals surface area contributed by atoms with E-state index < -0.39 is 0 Å². The summed E-state index contributed by atoms with van der Waals surface area (Å²) in [4.78, 5) is 4.55. The highest BCUT2D eigenvalue weighted by molar-refractivity contribution is 5.66. The molecule has 0 aliphatic rings. The molecule has 55 heavy (non-hydrogen) atoms. The lowest BCUT2D eigenvalue weighted by Gasteiger charge is -2.37. The average molecular weight is 783 g/mol. The molecule has 2 rings (SSSR count). The lowest BCUT2D eigenvalue weighted by Crippen LogP contribution is -2.45. The van der Waals surface area contributed by atoms with Gasteiger partial charge < -0.3 is 66.6 Å². The van der Waals surface area contributed by atoms with Crippen LogP contribution in [0.3, 0.4) is 0 Å². The van der Waals surface area contributed by atoms with Crippen molar-refractivity contribution in [2.24, 2.45) is 0 Å². The van der Waals surface area contributed by atoms with Crippen molar-refractivity contribution in [1.29, 1.82) is 0 Å². The van der Waals surface area contributed by atoms with E-state index in [1.165, 1.54) is 0 Å². The predicted molar refractivity (Wildman–Crippen MR) is 215 cm³/mol. The largest absolute Gasteiger partial charge is 0.496 e. The first kappa shape index (κ1) is 48.1. The standard InChI is InChI=1S/C41H70N2O12/c1-30(26-52-17-13-44-5)42(31(2)27-53-18-14-45-6)34-21-38(48-9)36(39(22-34)49-10)25-37-40(50-11)23-35(24-41(37)51-12)43(32(3)28-54-19-15-46-7)33(4)29-55-20-16-47-8/h21-24,30-33H,13-20,25-29H2,1-12H3. The van der Waals surface area contributed by atoms with Crippen molar-refractivity contribution in [3.63, 3.8) is 0 Å². The molecule has 2 aromatic rings. The van der Waals surface area contributed by atoms with Crippen LogP contribution in [0.2, 0.25) is 0 Å². The van der Waals surface area contributed by atoms with Crippen LogP contribution in [0.5, 0.6) is 23.0 Å². The molecule has 0 heterocycles. The van der Waals surface area contributed by atoms with Gasteiger partial charge in [-0.15, -0.1) is 0 Å². The first-order valence-corrected chi connectivity index (χ1v) is 19.0. The van der Waals surface area contributed by atoms with E-state index in [0.717, 1.165) is 22.5 Å². The Labute approximate surface area is 330 Å². The summed E-state index contributed by atoms with van der Waals surface area (Å²) in [5.41, 5.74) is 3.53. The zero-order valence-corrected chi connectivity index (χ0v) is 35.6. The highest BCUT2D eigenvalue weighted by Gasteiger charge is 2.28. The van der Waals surface area contributed by atoms with Crippen molar-refractivity contribution in [3.8, 4) is 23.0 Å². The van der Waals surface area contributed by atoms with Crippen LogP contribution >= 0.6 is 0 Å². The van der Waals surface area contributed by atoms with Crippen molar-refractivity contribution < 1.29 is 56.8 Å². The van der Waals surface area contributed by atoms with Crippen LogP contribution in [0.4, 0.5) is 11.4 Å². The molecule has 14 heteroatoms. The van der Waals surface area contributed by atoms with Gasteiger partial charge in [0.2, 0.25) is 0 Å². The van der Waals surface area contributed by atoms with E-state index in [-0.39, 0.29) is 24.2 Å². The Morgan fingerprint density at radius 1 is 0.382 bits per heavy atom. The van der Waals surface area contributed by atoms with Gasteiger partial charge in [0.05, 0.1) is 108 Å². The van der Waals surface area contributed by atoms with Gasteiger partial charge in [-0.2, -0.15) is 0 Å². The summed E-state index contributed by atoms with van der Waals surface area (Å²) in [6, 6.07) is 8.15. The smallest absolute Gasteiger partial charge is 0.128 e. The van der Waals surface area contributed by atoms with E-state index in [9.17, 15) is 0 Å². The van der Waals surface area contributed by atoms with Crippen LogP contribution < -0.4 is 28.7 Å². The number of nitrogens with zero attached hydrogens (tertiary/aromatic N) is 2. The lowest BCUT2D eigenvalue weighted by atomic mass is 9.98. The zero-order chi connectivity index (χ0) is 40.6. The number of ether oxygens (including phenoxy) is 12. The van der Waals surface area contributed by atoms with Gasteiger partial charge >= 0.3 is 0 Å². The molecular weight excluding hydrogens is 712 g/mol. The van der Waals surface area contributed by atoms with E-state index >= 15 is 0 Å². The van der Waals surface area contributed by atoms with E-state index in [1.54, 1.807) is 56.9 Å². The van der Waals surface area contributed by atoms with Gasteiger partial charge in [0.15, 0.2) is 0 Å². The van der Waals surface area contributed by atoms with Crippen LogP contribution in [0, 0.1) is 0 Å². The molecule has 316 valence electrons. The second kappa shape index (κ2) is 27.5. The molecule has 0 radical (unpaired) electrons. The molecule has 0 amide bonds. The van der Waals surface area contributed by atoms with E-state index in [1.807, 2.05) is 24.3 Å². The fourth-order valence-electron chi connectivity index (χ4n) is 6.56. The zero-order valence-electron chi connectivity index (χ0n) is 35.6. The Bertz CT molecular complexity index is 1130. The summed E-state index contributed by atoms with van der Waals surface area (Å²) in [5.74, 6) is 2.66. The number of anilines is 2. The predicted octanol–water partition coefficient (Wildman–Crippen LogP) is 5.13. The Morgan fingerprint density at radius 2 is 0.618 bits per heavy atom. The van der Waals surface area contributed by atoms with Crippen LogP contribution in [-0.2, 0) is 44.3 Å². The summed E-state index contributed by atoms with van der Waals surface area (Å²) in [6.45, 7) is 14.6. The van der Waals surface area contributed by atoms with Gasteiger partial charge in [-0.25, -0.2) is 0 Å². The van der Waals surface area contributed by atoms with Crippen LogP contribution in [-0.4, -0.2) is 160 Å². The maximum absolute atomic E-state index is 6.08. The molecule has 0 aliphatic heterocycles. The van der Waals surface area contributed by atoms with Gasteiger partial charge in [0, 0.05) is 106 Å². The second-order valence-electron chi connectivity index (χ2n) is 13.3. The van der Waals surface area contributed by atoms with Crippen molar-refractivity contribution in [1.82, 2.24) is 0 Å². The summed E-state index contributed by atoms with van der Waals surface area (Å²) >= 11 is 0. The molecule has 0 saturated carbocycles. The number of benzene rings is 2. The summed E-state index contributed by atoms with van der Waals surface area (Å²) in [5, 5.41) is 0. The molecule has 0 aromatic heterocycles. The minimum absolute atomic E-state index is 0.00522. The molecule has 0 N–H and O–H groups in total. The third-order valence-corrected chi connectivity index (χ3v) is 9.20. The second-order valence-corrected chi connectivity index (χ2v) is 13.3. The first-order chi connectivity index (χ1) is 26.6. The topological polar surface area (TPSA) is 117 Å². The molecule has 4 atom stereocenters. The van der Waals surface area contributed by atoms with E-state index in [2.05, 4.69) is 37.5 Å². The summed E-state index contributed by atoms with van der Waals surface area (Å²) in [7, 11) is 13.3.